The Hall–Kier alpha value is -2.76. The molecule has 30 heavy (non-hydrogen) atoms. The number of aromatic nitrogens is 1. The topological polar surface area (TPSA) is 54.5 Å². The van der Waals surface area contributed by atoms with Gasteiger partial charge in [0.15, 0.2) is 0 Å². The van der Waals surface area contributed by atoms with E-state index in [0.29, 0.717) is 12.1 Å². The molecule has 1 aliphatic rings. The molecular formula is C25H29N3O2. The van der Waals surface area contributed by atoms with Crippen molar-refractivity contribution in [2.24, 2.45) is 0 Å². The molecule has 4 rings (SSSR count). The van der Waals surface area contributed by atoms with Gasteiger partial charge in [0.25, 0.3) is 5.91 Å². The number of nitrogens with one attached hydrogen (secondary N) is 1. The Morgan fingerprint density at radius 1 is 1.07 bits per heavy atom. The highest BCUT2D eigenvalue weighted by Crippen LogP contribution is 2.29. The van der Waals surface area contributed by atoms with Gasteiger partial charge in [-0.2, -0.15) is 0 Å². The zero-order valence-corrected chi connectivity index (χ0v) is 18.0. The van der Waals surface area contributed by atoms with E-state index in [1.165, 1.54) is 5.56 Å². The van der Waals surface area contributed by atoms with Crippen molar-refractivity contribution in [2.75, 3.05) is 39.4 Å². The molecule has 1 amide bonds. The number of hydrogen-bond acceptors (Lipinski definition) is 4. The number of hydrogen-bond donors (Lipinski definition) is 1. The average molecular weight is 404 g/mol. The van der Waals surface area contributed by atoms with E-state index >= 15 is 0 Å². The minimum absolute atomic E-state index is 0.0488. The van der Waals surface area contributed by atoms with Crippen LogP contribution in [0.15, 0.2) is 42.5 Å². The zero-order valence-electron chi connectivity index (χ0n) is 18.0. The highest BCUT2D eigenvalue weighted by Gasteiger charge is 2.17. The van der Waals surface area contributed by atoms with E-state index in [0.717, 1.165) is 66.1 Å². The first kappa shape index (κ1) is 20.5. The maximum atomic E-state index is 13.2. The molecule has 3 aromatic rings. The summed E-state index contributed by atoms with van der Waals surface area (Å²) < 4.78 is 5.39. The third kappa shape index (κ3) is 4.37. The molecule has 156 valence electrons. The number of benzene rings is 2. The first-order valence-electron chi connectivity index (χ1n) is 10.6. The highest BCUT2D eigenvalue weighted by atomic mass is 16.5. The predicted octanol–water partition coefficient (Wildman–Crippen LogP) is 3.89. The lowest BCUT2D eigenvalue weighted by Gasteiger charge is -2.26. The number of morpholine rings is 1. The monoisotopic (exact) mass is 403 g/mol. The van der Waals surface area contributed by atoms with Crippen molar-refractivity contribution in [3.8, 4) is 11.3 Å². The zero-order chi connectivity index (χ0) is 21.1. The molecule has 0 aliphatic carbocycles. The molecule has 0 radical (unpaired) electrons. The van der Waals surface area contributed by atoms with Gasteiger partial charge in [-0.15, -0.1) is 0 Å². The second-order valence-corrected chi connectivity index (χ2v) is 8.05. The summed E-state index contributed by atoms with van der Waals surface area (Å²) in [5.41, 5.74) is 6.92. The summed E-state index contributed by atoms with van der Waals surface area (Å²) in [5.74, 6) is -0.0488. The third-order valence-electron chi connectivity index (χ3n) is 5.76. The lowest BCUT2D eigenvalue weighted by atomic mass is 9.98. The fourth-order valence-electron chi connectivity index (χ4n) is 4.07. The van der Waals surface area contributed by atoms with E-state index in [4.69, 9.17) is 9.72 Å². The molecule has 1 saturated heterocycles. The molecule has 1 N–H and O–H groups in total. The van der Waals surface area contributed by atoms with Crippen LogP contribution in [0.3, 0.4) is 0 Å². The lowest BCUT2D eigenvalue weighted by molar-refractivity contribution is 0.0383. The van der Waals surface area contributed by atoms with E-state index in [1.807, 2.05) is 31.2 Å². The Balaban J connectivity index is 1.65. The van der Waals surface area contributed by atoms with Crippen LogP contribution in [0.4, 0.5) is 0 Å². The van der Waals surface area contributed by atoms with E-state index in [-0.39, 0.29) is 5.91 Å². The van der Waals surface area contributed by atoms with Crippen molar-refractivity contribution < 1.29 is 9.53 Å². The van der Waals surface area contributed by atoms with Crippen molar-refractivity contribution in [3.63, 3.8) is 0 Å². The number of ether oxygens (including phenoxy) is 1. The summed E-state index contributed by atoms with van der Waals surface area (Å²) >= 11 is 0. The minimum atomic E-state index is -0.0488. The molecular weight excluding hydrogens is 374 g/mol. The van der Waals surface area contributed by atoms with Gasteiger partial charge in [0.1, 0.15) is 0 Å². The number of carbonyl (C=O) groups is 1. The molecule has 1 fully saturated rings. The molecule has 0 unspecified atom stereocenters. The highest BCUT2D eigenvalue weighted by molar-refractivity contribution is 6.07. The third-order valence-corrected chi connectivity index (χ3v) is 5.76. The molecule has 1 aliphatic heterocycles. The summed E-state index contributed by atoms with van der Waals surface area (Å²) in [6, 6.07) is 14.3. The van der Waals surface area contributed by atoms with Crippen molar-refractivity contribution in [1.29, 1.82) is 0 Å². The number of carbonyl (C=O) groups excluding carboxylic acids is 1. The fraction of sp³-hybridized carbons (Fsp3) is 0.360. The van der Waals surface area contributed by atoms with Crippen LogP contribution in [0.5, 0.6) is 0 Å². The Labute approximate surface area is 178 Å². The van der Waals surface area contributed by atoms with E-state index in [9.17, 15) is 4.79 Å². The molecule has 0 saturated carbocycles. The molecule has 2 heterocycles. The predicted molar refractivity (Wildman–Crippen MR) is 121 cm³/mol. The van der Waals surface area contributed by atoms with Crippen molar-refractivity contribution in [1.82, 2.24) is 15.2 Å². The summed E-state index contributed by atoms with van der Waals surface area (Å²) in [7, 11) is 0. The Bertz CT molecular complexity index is 1070. The largest absolute Gasteiger partial charge is 0.379 e. The van der Waals surface area contributed by atoms with Crippen LogP contribution < -0.4 is 5.32 Å². The molecule has 5 heteroatoms. The molecule has 1 aromatic heterocycles. The molecule has 0 bridgehead atoms. The average Bonchev–Trinajstić information content (AvgIpc) is 2.74. The molecule has 0 atom stereocenters. The maximum Gasteiger partial charge on any atom is 0.252 e. The summed E-state index contributed by atoms with van der Waals surface area (Å²) in [6.45, 7) is 11.0. The SMILES string of the molecule is Cc1ccc(-c2cc(C(=O)NCCN3CCOCC3)c3cccc(C)c3n2)c(C)c1. The van der Waals surface area contributed by atoms with Crippen LogP contribution in [-0.4, -0.2) is 55.2 Å². The number of amides is 1. The first-order valence-corrected chi connectivity index (χ1v) is 10.6. The van der Waals surface area contributed by atoms with Crippen LogP contribution in [-0.2, 0) is 4.74 Å². The summed E-state index contributed by atoms with van der Waals surface area (Å²) in [5, 5.41) is 4.01. The smallest absolute Gasteiger partial charge is 0.252 e. The normalized spacial score (nSPS) is 14.8. The maximum absolute atomic E-state index is 13.2. The van der Waals surface area contributed by atoms with Gasteiger partial charge >= 0.3 is 0 Å². The van der Waals surface area contributed by atoms with Crippen LogP contribution in [0.2, 0.25) is 0 Å². The molecule has 0 spiro atoms. The Morgan fingerprint density at radius 2 is 1.87 bits per heavy atom. The van der Waals surface area contributed by atoms with Crippen LogP contribution in [0, 0.1) is 20.8 Å². The van der Waals surface area contributed by atoms with E-state index in [2.05, 4.69) is 42.3 Å². The van der Waals surface area contributed by atoms with Gasteiger partial charge in [-0.05, 0) is 38.0 Å². The molecule has 5 nitrogen and oxygen atoms in total. The molecule has 2 aromatic carbocycles. The number of nitrogens with zero attached hydrogens (tertiary/aromatic N) is 2. The van der Waals surface area contributed by atoms with E-state index in [1.54, 1.807) is 0 Å². The van der Waals surface area contributed by atoms with Crippen molar-refractivity contribution in [2.45, 2.75) is 20.8 Å². The van der Waals surface area contributed by atoms with Crippen LogP contribution in [0.1, 0.15) is 27.0 Å². The second kappa shape index (κ2) is 8.94. The van der Waals surface area contributed by atoms with Crippen LogP contribution >= 0.6 is 0 Å². The van der Waals surface area contributed by atoms with Crippen molar-refractivity contribution >= 4 is 16.8 Å². The standard InChI is InChI=1S/C25H29N3O2/c1-17-7-8-20(19(3)15-17)23-16-22(21-6-4-5-18(2)24(21)27-23)25(29)26-9-10-28-11-13-30-14-12-28/h4-8,15-16H,9-14H2,1-3H3,(H,26,29). The number of pyridine rings is 1. The lowest BCUT2D eigenvalue weighted by Crippen LogP contribution is -2.41. The number of fused-ring (bicyclic) bond motifs is 1. The Morgan fingerprint density at radius 3 is 2.63 bits per heavy atom. The van der Waals surface area contributed by atoms with Gasteiger partial charge in [0.05, 0.1) is 30.0 Å². The quantitative estimate of drug-likeness (QED) is 0.702. The van der Waals surface area contributed by atoms with Gasteiger partial charge in [0.2, 0.25) is 0 Å². The van der Waals surface area contributed by atoms with Gasteiger partial charge < -0.3 is 10.1 Å². The summed E-state index contributed by atoms with van der Waals surface area (Å²) in [6.07, 6.45) is 0. The second-order valence-electron chi connectivity index (χ2n) is 8.05. The number of aryl methyl sites for hydroxylation is 3. The van der Waals surface area contributed by atoms with Gasteiger partial charge in [0, 0.05) is 37.1 Å². The first-order chi connectivity index (χ1) is 14.5. The van der Waals surface area contributed by atoms with Crippen LogP contribution in [0.25, 0.3) is 22.2 Å². The van der Waals surface area contributed by atoms with Crippen molar-refractivity contribution in [3.05, 3.63) is 64.7 Å². The number of para-hydroxylation sites is 1. The van der Waals surface area contributed by atoms with Gasteiger partial charge in [-0.25, -0.2) is 4.98 Å². The Kier molecular flexibility index (Phi) is 6.11. The fourth-order valence-corrected chi connectivity index (χ4v) is 4.07. The number of rotatable bonds is 5. The van der Waals surface area contributed by atoms with Gasteiger partial charge in [-0.3, -0.25) is 9.69 Å². The van der Waals surface area contributed by atoms with Gasteiger partial charge in [-0.1, -0.05) is 42.0 Å². The summed E-state index contributed by atoms with van der Waals surface area (Å²) in [4.78, 5) is 20.4. The minimum Gasteiger partial charge on any atom is -0.379 e. The van der Waals surface area contributed by atoms with E-state index < -0.39 is 0 Å².